The van der Waals surface area contributed by atoms with Crippen LogP contribution in [0.2, 0.25) is 5.15 Å². The molecule has 2 aromatic rings. The number of hydrogen-bond donors (Lipinski definition) is 1. The second-order valence-corrected chi connectivity index (χ2v) is 7.87. The first kappa shape index (κ1) is 18.9. The van der Waals surface area contributed by atoms with Gasteiger partial charge in [-0.2, -0.15) is 5.10 Å². The first-order valence-electron chi connectivity index (χ1n) is 9.32. The number of carbonyl (C=O) groups excluding carboxylic acids is 1. The van der Waals surface area contributed by atoms with E-state index in [9.17, 15) is 4.79 Å². The molecule has 0 aromatic carbocycles. The van der Waals surface area contributed by atoms with Crippen LogP contribution in [0.1, 0.15) is 63.3 Å². The molecule has 6 heteroatoms. The van der Waals surface area contributed by atoms with Crippen LogP contribution >= 0.6 is 11.6 Å². The fraction of sp³-hybridized carbons (Fsp3) is 0.550. The van der Waals surface area contributed by atoms with Crippen LogP contribution in [0.25, 0.3) is 0 Å². The van der Waals surface area contributed by atoms with Gasteiger partial charge in [-0.3, -0.25) is 9.48 Å². The molecule has 0 spiro atoms. The number of amides is 1. The maximum absolute atomic E-state index is 13.1. The molecule has 3 rings (SSSR count). The van der Waals surface area contributed by atoms with Gasteiger partial charge in [0.15, 0.2) is 0 Å². The van der Waals surface area contributed by atoms with Crippen LogP contribution in [-0.4, -0.2) is 20.7 Å². The molecule has 0 saturated carbocycles. The third-order valence-corrected chi connectivity index (χ3v) is 6.05. The average molecular weight is 375 g/mol. The van der Waals surface area contributed by atoms with Gasteiger partial charge in [0.25, 0.3) is 0 Å². The fourth-order valence-electron chi connectivity index (χ4n) is 4.14. The molecular formula is C20H27ClN4O. The largest absolute Gasteiger partial charge is 0.346 e. The Morgan fingerprint density at radius 2 is 2.00 bits per heavy atom. The molecule has 0 saturated heterocycles. The van der Waals surface area contributed by atoms with Crippen LogP contribution < -0.4 is 5.32 Å². The van der Waals surface area contributed by atoms with Crippen molar-refractivity contribution in [3.8, 4) is 0 Å². The van der Waals surface area contributed by atoms with Crippen molar-refractivity contribution in [1.29, 1.82) is 0 Å². The van der Waals surface area contributed by atoms with Gasteiger partial charge in [-0.1, -0.05) is 31.5 Å². The minimum absolute atomic E-state index is 0.0636. The van der Waals surface area contributed by atoms with Gasteiger partial charge in [-0.15, -0.1) is 0 Å². The predicted octanol–water partition coefficient (Wildman–Crippen LogP) is 3.89. The number of aryl methyl sites for hydroxylation is 2. The summed E-state index contributed by atoms with van der Waals surface area (Å²) in [5.74, 6) is 0.0636. The van der Waals surface area contributed by atoms with Gasteiger partial charge >= 0.3 is 0 Å². The van der Waals surface area contributed by atoms with Crippen LogP contribution in [-0.2, 0) is 29.2 Å². The van der Waals surface area contributed by atoms with Crippen molar-refractivity contribution in [2.75, 3.05) is 0 Å². The second kappa shape index (κ2) is 7.03. The van der Waals surface area contributed by atoms with Crippen molar-refractivity contribution in [3.63, 3.8) is 0 Å². The summed E-state index contributed by atoms with van der Waals surface area (Å²) in [5, 5.41) is 7.98. The quantitative estimate of drug-likeness (QED) is 0.780. The summed E-state index contributed by atoms with van der Waals surface area (Å²) in [6.45, 7) is 6.18. The smallest absolute Gasteiger partial charge is 0.232 e. The highest BCUT2D eigenvalue weighted by molar-refractivity contribution is 6.29. The zero-order valence-electron chi connectivity index (χ0n) is 16.0. The first-order chi connectivity index (χ1) is 12.3. The maximum atomic E-state index is 13.1. The van der Waals surface area contributed by atoms with Crippen LogP contribution in [0.15, 0.2) is 24.5 Å². The molecule has 1 amide bonds. The number of pyridine rings is 1. The fourth-order valence-corrected chi connectivity index (χ4v) is 4.29. The number of aromatic nitrogens is 3. The Morgan fingerprint density at radius 3 is 2.62 bits per heavy atom. The van der Waals surface area contributed by atoms with E-state index in [2.05, 4.69) is 22.3 Å². The number of hydrogen-bond acceptors (Lipinski definition) is 3. The standard InChI is InChI=1S/C20H27ClN4O/c1-5-20(6-2)17-15(9-10-16(21)23-17)19(3,24-18(20)26)11-7-8-14-12-22-25(4)13-14/h9-10,12-13H,5-8,11H2,1-4H3,(H,24,26). The van der Waals surface area contributed by atoms with Crippen molar-refractivity contribution < 1.29 is 4.79 Å². The van der Waals surface area contributed by atoms with Crippen molar-refractivity contribution in [2.24, 2.45) is 7.05 Å². The molecule has 0 aliphatic carbocycles. The number of rotatable bonds is 6. The van der Waals surface area contributed by atoms with Crippen molar-refractivity contribution in [2.45, 2.75) is 63.8 Å². The number of nitrogens with zero attached hydrogens (tertiary/aromatic N) is 3. The number of fused-ring (bicyclic) bond motifs is 1. The SMILES string of the molecule is CCC1(CC)C(=O)NC(C)(CCCc2cnn(C)c2)c2ccc(Cl)nc21. The predicted molar refractivity (Wildman–Crippen MR) is 103 cm³/mol. The highest BCUT2D eigenvalue weighted by Crippen LogP contribution is 2.43. The van der Waals surface area contributed by atoms with E-state index < -0.39 is 11.0 Å². The molecule has 1 N–H and O–H groups in total. The van der Waals surface area contributed by atoms with Crippen LogP contribution in [0.5, 0.6) is 0 Å². The lowest BCUT2D eigenvalue weighted by molar-refractivity contribution is -0.130. The Bertz CT molecular complexity index is 812. The topological polar surface area (TPSA) is 59.8 Å². The Hall–Kier alpha value is -1.88. The molecular weight excluding hydrogens is 348 g/mol. The zero-order valence-corrected chi connectivity index (χ0v) is 16.7. The average Bonchev–Trinajstić information content (AvgIpc) is 3.01. The Morgan fingerprint density at radius 1 is 1.27 bits per heavy atom. The summed E-state index contributed by atoms with van der Waals surface area (Å²) in [5.41, 5.74) is 2.13. The minimum Gasteiger partial charge on any atom is -0.346 e. The Balaban J connectivity index is 1.91. The van der Waals surface area contributed by atoms with Crippen molar-refractivity contribution in [3.05, 3.63) is 46.5 Å². The molecule has 0 bridgehead atoms. The molecule has 1 aliphatic heterocycles. The van der Waals surface area contributed by atoms with Gasteiger partial charge in [0.1, 0.15) is 5.15 Å². The van der Waals surface area contributed by atoms with E-state index in [1.165, 1.54) is 5.56 Å². The van der Waals surface area contributed by atoms with Gasteiger partial charge in [0.2, 0.25) is 5.91 Å². The number of carbonyl (C=O) groups is 1. The molecule has 26 heavy (non-hydrogen) atoms. The van der Waals surface area contributed by atoms with E-state index in [0.29, 0.717) is 18.0 Å². The third kappa shape index (κ3) is 3.13. The molecule has 1 unspecified atom stereocenters. The summed E-state index contributed by atoms with van der Waals surface area (Å²) in [6.07, 6.45) is 8.08. The molecule has 0 radical (unpaired) electrons. The van der Waals surface area contributed by atoms with Gasteiger partial charge in [0.05, 0.1) is 22.8 Å². The van der Waals surface area contributed by atoms with E-state index in [1.54, 1.807) is 0 Å². The molecule has 1 aliphatic rings. The number of halogens is 1. The summed E-state index contributed by atoms with van der Waals surface area (Å²) in [4.78, 5) is 17.7. The van der Waals surface area contributed by atoms with E-state index >= 15 is 0 Å². The summed E-state index contributed by atoms with van der Waals surface area (Å²) >= 11 is 6.19. The van der Waals surface area contributed by atoms with Crippen molar-refractivity contribution in [1.82, 2.24) is 20.1 Å². The maximum Gasteiger partial charge on any atom is 0.232 e. The van der Waals surface area contributed by atoms with Crippen LogP contribution in [0, 0.1) is 0 Å². The van der Waals surface area contributed by atoms with E-state index in [-0.39, 0.29) is 5.91 Å². The summed E-state index contributed by atoms with van der Waals surface area (Å²) < 4.78 is 1.82. The van der Waals surface area contributed by atoms with Crippen molar-refractivity contribution >= 4 is 17.5 Å². The lowest BCUT2D eigenvalue weighted by Crippen LogP contribution is -2.58. The molecule has 140 valence electrons. The molecule has 3 heterocycles. The number of nitrogens with one attached hydrogen (secondary N) is 1. The highest BCUT2D eigenvalue weighted by Gasteiger charge is 2.49. The lowest BCUT2D eigenvalue weighted by Gasteiger charge is -2.45. The molecule has 5 nitrogen and oxygen atoms in total. The lowest BCUT2D eigenvalue weighted by atomic mass is 9.68. The van der Waals surface area contributed by atoms with Gasteiger partial charge in [0, 0.05) is 13.2 Å². The van der Waals surface area contributed by atoms with Gasteiger partial charge in [-0.05, 0) is 56.2 Å². The van der Waals surface area contributed by atoms with Crippen LogP contribution in [0.4, 0.5) is 0 Å². The zero-order chi connectivity index (χ0) is 18.9. The highest BCUT2D eigenvalue weighted by atomic mass is 35.5. The van der Waals surface area contributed by atoms with E-state index in [0.717, 1.165) is 30.5 Å². The summed E-state index contributed by atoms with van der Waals surface area (Å²) in [6, 6.07) is 3.86. The third-order valence-electron chi connectivity index (χ3n) is 5.84. The van der Waals surface area contributed by atoms with E-state index in [4.69, 9.17) is 11.6 Å². The Labute approximate surface area is 160 Å². The van der Waals surface area contributed by atoms with Gasteiger partial charge < -0.3 is 5.32 Å². The second-order valence-electron chi connectivity index (χ2n) is 7.48. The van der Waals surface area contributed by atoms with Gasteiger partial charge in [-0.25, -0.2) is 4.98 Å². The first-order valence-corrected chi connectivity index (χ1v) is 9.70. The normalized spacial score (nSPS) is 21.3. The summed E-state index contributed by atoms with van der Waals surface area (Å²) in [7, 11) is 1.92. The van der Waals surface area contributed by atoms with Crippen LogP contribution in [0.3, 0.4) is 0 Å². The molecule has 2 aromatic heterocycles. The monoisotopic (exact) mass is 374 g/mol. The minimum atomic E-state index is -0.594. The Kier molecular flexibility index (Phi) is 5.11. The van der Waals surface area contributed by atoms with E-state index in [1.807, 2.05) is 50.1 Å². The molecule has 0 fully saturated rings. The molecule has 1 atom stereocenters.